The Morgan fingerprint density at radius 1 is 1.06 bits per heavy atom. The molecule has 1 amide bonds. The lowest BCUT2D eigenvalue weighted by atomic mass is 9.98. The Morgan fingerprint density at radius 2 is 1.77 bits per heavy atom. The number of aryl methyl sites for hydroxylation is 1. The molecule has 6 rings (SSSR count). The number of piperazine rings is 1. The molecule has 0 aliphatic carbocycles. The molecule has 2 fully saturated rings. The Balaban J connectivity index is 1.08. The Bertz CT molecular complexity index is 2080. The number of benzene rings is 2. The van der Waals surface area contributed by atoms with Crippen LogP contribution in [0.3, 0.4) is 0 Å². The van der Waals surface area contributed by atoms with Crippen LogP contribution in [0.5, 0.6) is 0 Å². The standard InChI is InChI=1S/C38H48FN9O3S/c1-26(46-14-16-47(17-15-46)52(5,50)51)23-48-33(21-40)20-34-27(2)29(7-9-36(34)48)24-45-12-10-32(11-13-45)43-37-30(22-41-25-42-37)18-28-6-8-31(39)19-35(28)38(49)44(3)4/h6-9,19-20,22,25-26,32H,10-18,23-24H2,1-5H3,(H,41,42,43). The van der Waals surface area contributed by atoms with Gasteiger partial charge in [-0.05, 0) is 67.6 Å². The number of carbonyl (C=O) groups is 1. The van der Waals surface area contributed by atoms with Crippen molar-refractivity contribution in [3.05, 3.63) is 88.3 Å². The van der Waals surface area contributed by atoms with E-state index in [0.717, 1.165) is 60.3 Å². The van der Waals surface area contributed by atoms with Crippen LogP contribution in [0.15, 0.2) is 48.9 Å². The van der Waals surface area contributed by atoms with Crippen molar-refractivity contribution in [3.63, 3.8) is 0 Å². The maximum absolute atomic E-state index is 14.1. The van der Waals surface area contributed by atoms with E-state index in [2.05, 4.69) is 61.7 Å². The number of anilines is 1. The zero-order valence-corrected chi connectivity index (χ0v) is 31.5. The number of hydrogen-bond donors (Lipinski definition) is 1. The van der Waals surface area contributed by atoms with Gasteiger partial charge in [-0.1, -0.05) is 12.1 Å². The van der Waals surface area contributed by atoms with Crippen molar-refractivity contribution in [1.82, 2.24) is 33.5 Å². The molecule has 2 aliphatic heterocycles. The van der Waals surface area contributed by atoms with Crippen molar-refractivity contribution in [1.29, 1.82) is 5.26 Å². The number of rotatable bonds is 11. The van der Waals surface area contributed by atoms with Crippen molar-refractivity contribution < 1.29 is 17.6 Å². The lowest BCUT2D eigenvalue weighted by Crippen LogP contribution is -2.51. The average molecular weight is 730 g/mol. The molecule has 0 bridgehead atoms. The summed E-state index contributed by atoms with van der Waals surface area (Å²) in [5, 5.41) is 14.8. The minimum absolute atomic E-state index is 0.144. The van der Waals surface area contributed by atoms with E-state index in [1.165, 1.54) is 45.0 Å². The largest absolute Gasteiger partial charge is 0.367 e. The number of fused-ring (bicyclic) bond motifs is 1. The number of aromatic nitrogens is 3. The van der Waals surface area contributed by atoms with Crippen molar-refractivity contribution in [2.24, 2.45) is 0 Å². The maximum atomic E-state index is 14.1. The smallest absolute Gasteiger partial charge is 0.253 e. The molecular weight excluding hydrogens is 682 g/mol. The molecule has 1 unspecified atom stereocenters. The quantitative estimate of drug-likeness (QED) is 0.243. The first-order valence-electron chi connectivity index (χ1n) is 17.8. The first-order chi connectivity index (χ1) is 24.8. The van der Waals surface area contributed by atoms with Gasteiger partial charge in [0.2, 0.25) is 10.0 Å². The monoisotopic (exact) mass is 729 g/mol. The highest BCUT2D eigenvalue weighted by Gasteiger charge is 2.27. The average Bonchev–Trinajstić information content (AvgIpc) is 3.48. The molecule has 0 saturated carbocycles. The number of nitriles is 1. The predicted octanol–water partition coefficient (Wildman–Crippen LogP) is 4.09. The molecule has 2 aromatic heterocycles. The van der Waals surface area contributed by atoms with Crippen LogP contribution in [0.4, 0.5) is 10.2 Å². The summed E-state index contributed by atoms with van der Waals surface area (Å²) in [6.45, 7) is 9.86. The van der Waals surface area contributed by atoms with E-state index in [1.807, 2.05) is 6.07 Å². The minimum atomic E-state index is -3.19. The van der Waals surface area contributed by atoms with E-state index in [9.17, 15) is 22.9 Å². The maximum Gasteiger partial charge on any atom is 0.253 e. The van der Waals surface area contributed by atoms with Gasteiger partial charge in [-0.25, -0.2) is 22.8 Å². The summed E-state index contributed by atoms with van der Waals surface area (Å²) in [5.74, 6) is 0.0274. The number of carbonyl (C=O) groups excluding carboxylic acids is 1. The molecule has 0 radical (unpaired) electrons. The van der Waals surface area contributed by atoms with E-state index in [-0.39, 0.29) is 18.0 Å². The summed E-state index contributed by atoms with van der Waals surface area (Å²) in [6, 6.07) is 13.4. The van der Waals surface area contributed by atoms with Gasteiger partial charge in [-0.3, -0.25) is 14.6 Å². The first kappa shape index (κ1) is 37.3. The summed E-state index contributed by atoms with van der Waals surface area (Å²) in [4.78, 5) is 27.8. The van der Waals surface area contributed by atoms with Crippen LogP contribution in [-0.4, -0.2) is 120 Å². The second-order valence-corrected chi connectivity index (χ2v) is 16.3. The highest BCUT2D eigenvalue weighted by atomic mass is 32.2. The fourth-order valence-corrected chi connectivity index (χ4v) is 8.30. The van der Waals surface area contributed by atoms with Crippen LogP contribution in [-0.2, 0) is 29.5 Å². The van der Waals surface area contributed by atoms with E-state index in [4.69, 9.17) is 0 Å². The fourth-order valence-electron chi connectivity index (χ4n) is 7.47. The lowest BCUT2D eigenvalue weighted by Gasteiger charge is -2.37. The Labute approximate surface area is 305 Å². The Morgan fingerprint density at radius 3 is 2.44 bits per heavy atom. The van der Waals surface area contributed by atoms with Crippen molar-refractivity contribution in [2.75, 3.05) is 64.9 Å². The number of halogens is 1. The third kappa shape index (κ3) is 8.28. The Kier molecular flexibility index (Phi) is 11.3. The summed E-state index contributed by atoms with van der Waals surface area (Å²) in [6.07, 6.45) is 6.79. The summed E-state index contributed by atoms with van der Waals surface area (Å²) in [5.41, 5.74) is 6.00. The number of sulfonamides is 1. The highest BCUT2D eigenvalue weighted by molar-refractivity contribution is 7.88. The van der Waals surface area contributed by atoms with Crippen LogP contribution in [0.25, 0.3) is 10.9 Å². The van der Waals surface area contributed by atoms with Gasteiger partial charge >= 0.3 is 0 Å². The summed E-state index contributed by atoms with van der Waals surface area (Å²) >= 11 is 0. The number of nitrogens with one attached hydrogen (secondary N) is 1. The second kappa shape index (κ2) is 15.7. The van der Waals surface area contributed by atoms with Crippen LogP contribution in [0.2, 0.25) is 0 Å². The number of amides is 1. The van der Waals surface area contributed by atoms with E-state index >= 15 is 0 Å². The molecule has 2 aliphatic rings. The van der Waals surface area contributed by atoms with E-state index in [0.29, 0.717) is 50.4 Å². The number of likely N-dealkylation sites (tertiary alicyclic amines) is 1. The van der Waals surface area contributed by atoms with Gasteiger partial charge < -0.3 is 14.8 Å². The molecule has 12 nitrogen and oxygen atoms in total. The van der Waals surface area contributed by atoms with Crippen molar-refractivity contribution in [3.8, 4) is 6.07 Å². The topological polar surface area (TPSA) is 131 Å². The zero-order valence-electron chi connectivity index (χ0n) is 30.6. The molecule has 4 aromatic rings. The summed E-state index contributed by atoms with van der Waals surface area (Å²) in [7, 11) is 0.120. The molecule has 1 N–H and O–H groups in total. The zero-order chi connectivity index (χ0) is 37.2. The molecule has 1 atom stereocenters. The molecule has 0 spiro atoms. The number of hydrogen-bond acceptors (Lipinski definition) is 9. The number of nitrogens with zero attached hydrogens (tertiary/aromatic N) is 8. The lowest BCUT2D eigenvalue weighted by molar-refractivity contribution is 0.0826. The van der Waals surface area contributed by atoms with E-state index < -0.39 is 15.8 Å². The highest BCUT2D eigenvalue weighted by Crippen LogP contribution is 2.29. The second-order valence-electron chi connectivity index (χ2n) is 14.4. The van der Waals surface area contributed by atoms with Gasteiger partial charge in [-0.15, -0.1) is 0 Å². The van der Waals surface area contributed by atoms with Gasteiger partial charge in [-0.2, -0.15) is 9.57 Å². The van der Waals surface area contributed by atoms with Crippen LogP contribution < -0.4 is 5.32 Å². The third-order valence-electron chi connectivity index (χ3n) is 10.6. The molecule has 14 heteroatoms. The van der Waals surface area contributed by atoms with Crippen molar-refractivity contribution in [2.45, 2.75) is 58.3 Å². The Hall–Kier alpha value is -4.42. The SMILES string of the molecule is Cc1c(CN2CCC(Nc3ncncc3Cc3ccc(F)cc3C(=O)N(C)C)CC2)ccc2c1cc(C#N)n2CC(C)N1CCN(S(C)(=O)=O)CC1. The van der Waals surface area contributed by atoms with Crippen molar-refractivity contribution >= 4 is 32.7 Å². The van der Waals surface area contributed by atoms with Gasteiger partial charge in [0, 0.05) is 113 Å². The molecule has 2 aromatic carbocycles. The summed E-state index contributed by atoms with van der Waals surface area (Å²) < 4.78 is 41.7. The van der Waals surface area contributed by atoms with Crippen LogP contribution in [0.1, 0.15) is 58.1 Å². The predicted molar refractivity (Wildman–Crippen MR) is 200 cm³/mol. The van der Waals surface area contributed by atoms with Crippen LogP contribution >= 0.6 is 0 Å². The normalized spacial score (nSPS) is 17.2. The van der Waals surface area contributed by atoms with E-state index in [1.54, 1.807) is 26.4 Å². The molecule has 4 heterocycles. The molecular formula is C38H48FN9O3S. The first-order valence-corrected chi connectivity index (χ1v) is 19.7. The number of piperidine rings is 1. The van der Waals surface area contributed by atoms with Gasteiger partial charge in [0.1, 0.15) is 29.7 Å². The molecule has 2 saturated heterocycles. The minimum Gasteiger partial charge on any atom is -0.367 e. The van der Waals surface area contributed by atoms with Gasteiger partial charge in [0.25, 0.3) is 5.91 Å². The van der Waals surface area contributed by atoms with Gasteiger partial charge in [0.15, 0.2) is 0 Å². The van der Waals surface area contributed by atoms with Gasteiger partial charge in [0.05, 0.1) is 6.26 Å². The molecule has 52 heavy (non-hydrogen) atoms. The molecule has 276 valence electrons. The van der Waals surface area contributed by atoms with Crippen LogP contribution in [0, 0.1) is 24.1 Å². The fraction of sp³-hybridized carbons (Fsp3) is 0.474. The third-order valence-corrected chi connectivity index (χ3v) is 11.9.